The van der Waals surface area contributed by atoms with Crippen LogP contribution in [0.2, 0.25) is 0 Å². The minimum Gasteiger partial charge on any atom is -0.444 e. The summed E-state index contributed by atoms with van der Waals surface area (Å²) in [4.78, 5) is 19.1. The number of hydrogen-bond donors (Lipinski definition) is 1. The monoisotopic (exact) mass is 351 g/mol. The highest BCUT2D eigenvalue weighted by Crippen LogP contribution is 2.35. The first-order chi connectivity index (χ1) is 12.8. The maximum absolute atomic E-state index is 12.4. The molecule has 136 valence electrons. The van der Waals surface area contributed by atoms with Crippen molar-refractivity contribution in [2.45, 2.75) is 38.0 Å². The molecule has 5 nitrogen and oxygen atoms in total. The molecule has 26 heavy (non-hydrogen) atoms. The second-order valence-corrected chi connectivity index (χ2v) is 7.22. The smallest absolute Gasteiger partial charge is 0.407 e. The number of ether oxygens (including phenoxy) is 1. The summed E-state index contributed by atoms with van der Waals surface area (Å²) in [5.74, 6) is 0.462. The fourth-order valence-electron chi connectivity index (χ4n) is 4.22. The summed E-state index contributed by atoms with van der Waals surface area (Å²) in [6, 6.07) is 14.2. The molecule has 0 unspecified atom stereocenters. The lowest BCUT2D eigenvalue weighted by Gasteiger charge is -2.50. The molecule has 0 aliphatic carbocycles. The number of carbonyl (C=O) groups excluding carboxylic acids is 1. The predicted molar refractivity (Wildman–Crippen MR) is 99.6 cm³/mol. The summed E-state index contributed by atoms with van der Waals surface area (Å²) in [5, 5.41) is 2.90. The summed E-state index contributed by atoms with van der Waals surface area (Å²) in [6.07, 6.45) is 6.44. The molecule has 5 rings (SSSR count). The number of pyridine rings is 1. The molecule has 1 amide bonds. The van der Waals surface area contributed by atoms with Gasteiger partial charge in [0.1, 0.15) is 6.10 Å². The maximum atomic E-state index is 12.4. The SMILES string of the molecule is O=C(NCc1ccccc1)O[C@@H]1C2CCN(CC2)[C@@H]1Cc1cccnc1. The molecular weight excluding hydrogens is 326 g/mol. The molecule has 0 radical (unpaired) electrons. The van der Waals surface area contributed by atoms with E-state index in [9.17, 15) is 4.79 Å². The normalized spacial score (nSPS) is 27.1. The van der Waals surface area contributed by atoms with Gasteiger partial charge in [-0.2, -0.15) is 0 Å². The van der Waals surface area contributed by atoms with Crippen LogP contribution in [0.15, 0.2) is 54.9 Å². The van der Waals surface area contributed by atoms with Gasteiger partial charge in [-0.3, -0.25) is 9.88 Å². The minimum absolute atomic E-state index is 0.0477. The van der Waals surface area contributed by atoms with Gasteiger partial charge in [0.05, 0.1) is 6.04 Å². The first-order valence-corrected chi connectivity index (χ1v) is 9.41. The van der Waals surface area contributed by atoms with Gasteiger partial charge in [0.15, 0.2) is 0 Å². The Bertz CT molecular complexity index is 715. The van der Waals surface area contributed by atoms with Gasteiger partial charge < -0.3 is 10.1 Å². The minimum atomic E-state index is -0.316. The van der Waals surface area contributed by atoms with E-state index in [1.807, 2.05) is 42.6 Å². The Morgan fingerprint density at radius 2 is 1.88 bits per heavy atom. The van der Waals surface area contributed by atoms with Crippen LogP contribution in [-0.2, 0) is 17.7 Å². The predicted octanol–water partition coefficient (Wildman–Crippen LogP) is 3.01. The van der Waals surface area contributed by atoms with Crippen LogP contribution in [0.25, 0.3) is 0 Å². The first kappa shape index (κ1) is 17.0. The van der Waals surface area contributed by atoms with Crippen molar-refractivity contribution >= 4 is 6.09 Å². The molecule has 1 aromatic heterocycles. The number of nitrogens with zero attached hydrogens (tertiary/aromatic N) is 2. The van der Waals surface area contributed by atoms with Gasteiger partial charge in [0, 0.05) is 24.9 Å². The summed E-state index contributed by atoms with van der Waals surface area (Å²) >= 11 is 0. The number of fused-ring (bicyclic) bond motifs is 3. The lowest BCUT2D eigenvalue weighted by molar-refractivity contribution is -0.0772. The second kappa shape index (κ2) is 7.87. The van der Waals surface area contributed by atoms with Crippen LogP contribution in [0.5, 0.6) is 0 Å². The van der Waals surface area contributed by atoms with Crippen molar-refractivity contribution < 1.29 is 9.53 Å². The molecule has 5 heteroatoms. The van der Waals surface area contributed by atoms with E-state index in [-0.39, 0.29) is 18.2 Å². The van der Waals surface area contributed by atoms with Gasteiger partial charge >= 0.3 is 6.09 Å². The van der Waals surface area contributed by atoms with Crippen LogP contribution < -0.4 is 5.32 Å². The van der Waals surface area contributed by atoms with Gasteiger partial charge in [-0.1, -0.05) is 36.4 Å². The third-order valence-electron chi connectivity index (χ3n) is 5.58. The van der Waals surface area contributed by atoms with Crippen molar-refractivity contribution in [2.24, 2.45) is 5.92 Å². The van der Waals surface area contributed by atoms with Gasteiger partial charge in [0.2, 0.25) is 0 Å². The molecule has 1 N–H and O–H groups in total. The lowest BCUT2D eigenvalue weighted by atomic mass is 9.78. The number of nitrogens with one attached hydrogen (secondary N) is 1. The van der Waals surface area contributed by atoms with Crippen LogP contribution in [0.1, 0.15) is 24.0 Å². The zero-order valence-corrected chi connectivity index (χ0v) is 14.9. The van der Waals surface area contributed by atoms with E-state index < -0.39 is 0 Å². The van der Waals surface area contributed by atoms with Crippen LogP contribution in [-0.4, -0.2) is 41.2 Å². The Kier molecular flexibility index (Phi) is 5.16. The number of piperidine rings is 3. The van der Waals surface area contributed by atoms with Crippen LogP contribution >= 0.6 is 0 Å². The Balaban J connectivity index is 1.40. The number of rotatable bonds is 5. The van der Waals surface area contributed by atoms with E-state index in [4.69, 9.17) is 4.74 Å². The number of carbonyl (C=O) groups is 1. The molecule has 2 bridgehead atoms. The Labute approximate surface area is 154 Å². The molecule has 3 fully saturated rings. The summed E-state index contributed by atoms with van der Waals surface area (Å²) in [6.45, 7) is 2.69. The molecule has 3 aliphatic heterocycles. The van der Waals surface area contributed by atoms with E-state index in [2.05, 4.69) is 21.3 Å². The van der Waals surface area contributed by atoms with Gasteiger partial charge in [0.25, 0.3) is 0 Å². The number of aromatic nitrogens is 1. The van der Waals surface area contributed by atoms with E-state index >= 15 is 0 Å². The molecule has 4 heterocycles. The number of hydrogen-bond acceptors (Lipinski definition) is 4. The van der Waals surface area contributed by atoms with Crippen molar-refractivity contribution in [3.63, 3.8) is 0 Å². The molecule has 2 atom stereocenters. The molecule has 0 spiro atoms. The largest absolute Gasteiger partial charge is 0.444 e. The van der Waals surface area contributed by atoms with E-state index in [0.717, 1.165) is 37.9 Å². The van der Waals surface area contributed by atoms with Crippen molar-refractivity contribution in [3.8, 4) is 0 Å². The van der Waals surface area contributed by atoms with Gasteiger partial charge in [-0.25, -0.2) is 4.79 Å². The Hall–Kier alpha value is -2.40. The standard InChI is InChI=1S/C21H25N3O2/c25-21(23-15-16-5-2-1-3-6-16)26-20-18-8-11-24(12-9-18)19(20)13-17-7-4-10-22-14-17/h1-7,10,14,18-20H,8-9,11-13,15H2,(H,23,25)/t19-,20-/m1/s1. The van der Waals surface area contributed by atoms with Crippen molar-refractivity contribution in [3.05, 3.63) is 66.0 Å². The molecule has 3 saturated heterocycles. The second-order valence-electron chi connectivity index (χ2n) is 7.22. The topological polar surface area (TPSA) is 54.5 Å². The van der Waals surface area contributed by atoms with E-state index in [0.29, 0.717) is 12.5 Å². The molecule has 3 aliphatic rings. The summed E-state index contributed by atoms with van der Waals surface area (Å²) in [7, 11) is 0. The average molecular weight is 351 g/mol. The van der Waals surface area contributed by atoms with E-state index in [1.54, 1.807) is 6.20 Å². The van der Waals surface area contributed by atoms with Crippen molar-refractivity contribution in [1.29, 1.82) is 0 Å². The maximum Gasteiger partial charge on any atom is 0.407 e. The Morgan fingerprint density at radius 3 is 2.62 bits per heavy atom. The lowest BCUT2D eigenvalue weighted by Crippen LogP contribution is -2.60. The quantitative estimate of drug-likeness (QED) is 0.900. The van der Waals surface area contributed by atoms with Crippen LogP contribution in [0, 0.1) is 5.92 Å². The average Bonchev–Trinajstić information content (AvgIpc) is 2.70. The fourth-order valence-corrected chi connectivity index (χ4v) is 4.22. The van der Waals surface area contributed by atoms with Crippen molar-refractivity contribution in [2.75, 3.05) is 13.1 Å². The summed E-state index contributed by atoms with van der Waals surface area (Å²) < 4.78 is 5.92. The highest BCUT2D eigenvalue weighted by atomic mass is 16.6. The van der Waals surface area contributed by atoms with Gasteiger partial charge in [-0.15, -0.1) is 0 Å². The molecule has 1 aromatic carbocycles. The highest BCUT2D eigenvalue weighted by molar-refractivity contribution is 5.67. The van der Waals surface area contributed by atoms with Crippen LogP contribution in [0.3, 0.4) is 0 Å². The van der Waals surface area contributed by atoms with Crippen LogP contribution in [0.4, 0.5) is 4.79 Å². The third-order valence-corrected chi connectivity index (χ3v) is 5.58. The molecular formula is C21H25N3O2. The van der Waals surface area contributed by atoms with E-state index in [1.165, 1.54) is 5.56 Å². The number of benzene rings is 1. The Morgan fingerprint density at radius 1 is 1.12 bits per heavy atom. The molecule has 0 saturated carbocycles. The zero-order valence-electron chi connectivity index (χ0n) is 14.9. The highest BCUT2D eigenvalue weighted by Gasteiger charge is 2.44. The molecule has 2 aromatic rings. The third kappa shape index (κ3) is 3.88. The number of amides is 1. The summed E-state index contributed by atoms with van der Waals surface area (Å²) in [5.41, 5.74) is 2.27. The number of alkyl carbamates (subject to hydrolysis) is 1. The first-order valence-electron chi connectivity index (χ1n) is 9.41. The van der Waals surface area contributed by atoms with Gasteiger partial charge in [-0.05, 0) is 49.5 Å². The van der Waals surface area contributed by atoms with Crippen molar-refractivity contribution in [1.82, 2.24) is 15.2 Å². The fraction of sp³-hybridized carbons (Fsp3) is 0.429. The zero-order chi connectivity index (χ0) is 17.8.